The topological polar surface area (TPSA) is 96.3 Å². The molecular weight excluding hydrogens is 560 g/mol. The van der Waals surface area contributed by atoms with Crippen LogP contribution in [-0.4, -0.2) is 65.1 Å². The number of carbonyl (C=O) groups excluding carboxylic acids is 3. The van der Waals surface area contributed by atoms with Crippen molar-refractivity contribution in [2.75, 3.05) is 20.2 Å². The lowest BCUT2D eigenvalue weighted by atomic mass is 9.87. The van der Waals surface area contributed by atoms with Crippen LogP contribution < -0.4 is 4.74 Å². The largest absolute Gasteiger partial charge is 0.489 e. The fraction of sp³-hybridized carbons (Fsp3) is 0.514. The molecule has 0 unspecified atom stereocenters. The van der Waals surface area contributed by atoms with Gasteiger partial charge in [-0.15, -0.1) is 0 Å². The highest BCUT2D eigenvalue weighted by Crippen LogP contribution is 2.49. The predicted octanol–water partition coefficient (Wildman–Crippen LogP) is 7.57. The van der Waals surface area contributed by atoms with Gasteiger partial charge in [-0.05, 0) is 108 Å². The summed E-state index contributed by atoms with van der Waals surface area (Å²) < 4.78 is 24.9. The Morgan fingerprint density at radius 3 is 2.09 bits per heavy atom. The number of ether oxygens (including phenoxy) is 4. The summed E-state index contributed by atoms with van der Waals surface area (Å²) in [6.45, 7) is 14.0. The first-order chi connectivity index (χ1) is 20.6. The fourth-order valence-electron chi connectivity index (χ4n) is 5.85. The molecule has 1 saturated carbocycles. The number of methoxy groups -OCH3 is 1. The van der Waals surface area contributed by atoms with Gasteiger partial charge in [0.25, 0.3) is 0 Å². The fourth-order valence-corrected chi connectivity index (χ4v) is 5.85. The Morgan fingerprint density at radius 2 is 1.50 bits per heavy atom. The molecule has 0 bridgehead atoms. The van der Waals surface area contributed by atoms with E-state index in [9.17, 15) is 14.4 Å². The molecule has 2 fully saturated rings. The number of nitrogens with zero attached hydrogens (tertiary/aromatic N) is 2. The van der Waals surface area contributed by atoms with Gasteiger partial charge in [0.05, 0.1) is 18.2 Å². The monoisotopic (exact) mass is 604 g/mol. The highest BCUT2D eigenvalue weighted by Gasteiger charge is 2.38. The summed E-state index contributed by atoms with van der Waals surface area (Å²) in [4.78, 5) is 40.1. The molecule has 5 rings (SSSR count). The molecule has 3 aromatic rings. The van der Waals surface area contributed by atoms with E-state index in [-0.39, 0.29) is 18.1 Å². The van der Waals surface area contributed by atoms with Gasteiger partial charge in [0.2, 0.25) is 0 Å². The first kappa shape index (κ1) is 31.4. The van der Waals surface area contributed by atoms with Crippen molar-refractivity contribution in [2.24, 2.45) is 0 Å². The maximum Gasteiger partial charge on any atom is 0.419 e. The Bertz CT molecular complexity index is 1550. The van der Waals surface area contributed by atoms with Crippen molar-refractivity contribution < 1.29 is 33.3 Å². The number of aryl methyl sites for hydroxylation is 1. The second-order valence-electron chi connectivity index (χ2n) is 13.9. The molecule has 1 aliphatic heterocycles. The lowest BCUT2D eigenvalue weighted by Gasteiger charge is -2.39. The molecule has 1 amide bonds. The number of esters is 1. The third-order valence-electron chi connectivity index (χ3n) is 7.98. The van der Waals surface area contributed by atoms with Crippen LogP contribution in [0.15, 0.2) is 42.6 Å². The summed E-state index contributed by atoms with van der Waals surface area (Å²) in [7, 11) is 1.36. The van der Waals surface area contributed by atoms with E-state index in [0.717, 1.165) is 46.2 Å². The molecule has 1 saturated heterocycles. The van der Waals surface area contributed by atoms with Crippen molar-refractivity contribution in [1.82, 2.24) is 9.47 Å². The van der Waals surface area contributed by atoms with Crippen LogP contribution in [0.4, 0.5) is 9.59 Å². The minimum Gasteiger partial charge on any atom is -0.489 e. The summed E-state index contributed by atoms with van der Waals surface area (Å²) in [5.74, 6) is 0.577. The molecule has 9 nitrogen and oxygen atoms in total. The van der Waals surface area contributed by atoms with E-state index in [1.165, 1.54) is 7.11 Å². The number of aromatic nitrogens is 1. The number of benzene rings is 2. The summed E-state index contributed by atoms with van der Waals surface area (Å²) in [6, 6.07) is 11.4. The van der Waals surface area contributed by atoms with Crippen LogP contribution in [0, 0.1) is 6.92 Å². The Labute approximate surface area is 259 Å². The number of carbonyl (C=O) groups is 3. The van der Waals surface area contributed by atoms with Gasteiger partial charge in [-0.3, -0.25) is 4.57 Å². The number of hydrogen-bond donors (Lipinski definition) is 0. The summed E-state index contributed by atoms with van der Waals surface area (Å²) >= 11 is 0. The van der Waals surface area contributed by atoms with E-state index in [1.807, 2.05) is 66.7 Å². The smallest absolute Gasteiger partial charge is 0.419 e. The van der Waals surface area contributed by atoms with Gasteiger partial charge in [0.1, 0.15) is 23.1 Å². The molecule has 9 heteroatoms. The Morgan fingerprint density at radius 1 is 0.864 bits per heavy atom. The van der Waals surface area contributed by atoms with Gasteiger partial charge in [0, 0.05) is 37.0 Å². The molecule has 2 atom stereocenters. The van der Waals surface area contributed by atoms with Gasteiger partial charge in [-0.25, -0.2) is 14.4 Å². The Balaban J connectivity index is 1.53. The average Bonchev–Trinajstić information content (AvgIpc) is 3.69. The molecule has 236 valence electrons. The quantitative estimate of drug-likeness (QED) is 0.219. The third kappa shape index (κ3) is 6.87. The third-order valence-corrected chi connectivity index (χ3v) is 7.98. The van der Waals surface area contributed by atoms with E-state index in [2.05, 4.69) is 6.07 Å². The normalized spacial score (nSPS) is 19.0. The van der Waals surface area contributed by atoms with Gasteiger partial charge in [0.15, 0.2) is 0 Å². The molecule has 0 N–H and O–H groups in total. The van der Waals surface area contributed by atoms with Crippen LogP contribution in [0.2, 0.25) is 0 Å². The minimum atomic E-state index is -0.631. The van der Waals surface area contributed by atoms with E-state index in [0.29, 0.717) is 31.0 Å². The van der Waals surface area contributed by atoms with Crippen molar-refractivity contribution in [1.29, 1.82) is 0 Å². The van der Waals surface area contributed by atoms with E-state index in [4.69, 9.17) is 18.9 Å². The van der Waals surface area contributed by atoms with Crippen LogP contribution in [-0.2, 0) is 14.2 Å². The molecule has 2 aromatic carbocycles. The van der Waals surface area contributed by atoms with Crippen LogP contribution in [0.1, 0.15) is 99.7 Å². The van der Waals surface area contributed by atoms with Gasteiger partial charge < -0.3 is 23.8 Å². The number of amides is 1. The van der Waals surface area contributed by atoms with Crippen LogP contribution in [0.25, 0.3) is 10.9 Å². The highest BCUT2D eigenvalue weighted by atomic mass is 16.6. The lowest BCUT2D eigenvalue weighted by Crippen LogP contribution is -2.48. The van der Waals surface area contributed by atoms with Crippen molar-refractivity contribution in [3.8, 4) is 5.75 Å². The molecule has 44 heavy (non-hydrogen) atoms. The summed E-state index contributed by atoms with van der Waals surface area (Å²) in [5, 5.41) is 0.868. The highest BCUT2D eigenvalue weighted by molar-refractivity contribution is 5.96. The first-order valence-corrected chi connectivity index (χ1v) is 15.4. The molecule has 2 heterocycles. The summed E-state index contributed by atoms with van der Waals surface area (Å²) in [6.07, 6.45) is 3.43. The van der Waals surface area contributed by atoms with Crippen LogP contribution >= 0.6 is 0 Å². The zero-order chi connectivity index (χ0) is 32.0. The SMILES string of the molecule is COC(=O)c1ccc([C@@H]2CN(C(=O)OC(C)(C)C)CC[C@H]2Oc2c(C3CC3)cc(C)c3c2ccn3C(=O)OC(C)(C)C)cc1. The Hall–Kier alpha value is -4.01. The van der Waals surface area contributed by atoms with Crippen molar-refractivity contribution >= 4 is 29.1 Å². The molecule has 0 radical (unpaired) electrons. The average molecular weight is 605 g/mol. The number of likely N-dealkylation sites (tertiary alicyclic amines) is 1. The zero-order valence-electron chi connectivity index (χ0n) is 27.1. The molecule has 1 aromatic heterocycles. The predicted molar refractivity (Wildman–Crippen MR) is 168 cm³/mol. The van der Waals surface area contributed by atoms with E-state index >= 15 is 0 Å². The first-order valence-electron chi connectivity index (χ1n) is 15.4. The lowest BCUT2D eigenvalue weighted by molar-refractivity contribution is 0.00774. The standard InChI is InChI=1S/C35H44N2O7/c1-21-19-26(22-9-10-22)30(25-15-18-37(29(21)25)33(40)44-35(5,6)7)42-28-16-17-36(32(39)43-34(2,3)4)20-27(28)23-11-13-24(14-12-23)31(38)41-8/h11-15,18-19,22,27-28H,9-10,16-17,20H2,1-8H3/t27-,28+/m0/s1. The molecule has 1 aliphatic carbocycles. The molecule has 2 aliphatic rings. The Kier molecular flexibility index (Phi) is 8.44. The molecule has 0 spiro atoms. The van der Waals surface area contributed by atoms with Crippen molar-refractivity contribution in [3.05, 3.63) is 64.8 Å². The zero-order valence-corrected chi connectivity index (χ0v) is 27.1. The van der Waals surface area contributed by atoms with Crippen molar-refractivity contribution in [3.63, 3.8) is 0 Å². The van der Waals surface area contributed by atoms with Crippen molar-refractivity contribution in [2.45, 2.75) is 96.9 Å². The van der Waals surface area contributed by atoms with E-state index < -0.39 is 23.3 Å². The number of hydrogen-bond acceptors (Lipinski definition) is 7. The van der Waals surface area contributed by atoms with E-state index in [1.54, 1.807) is 27.8 Å². The number of fused-ring (bicyclic) bond motifs is 1. The number of piperidine rings is 1. The van der Waals surface area contributed by atoms with Gasteiger partial charge in [-0.2, -0.15) is 0 Å². The molecular formula is C35H44N2O7. The second-order valence-corrected chi connectivity index (χ2v) is 13.9. The maximum absolute atomic E-state index is 13.2. The summed E-state index contributed by atoms with van der Waals surface area (Å²) in [5.41, 5.74) is 3.05. The van der Waals surface area contributed by atoms with Gasteiger partial charge in [-0.1, -0.05) is 12.1 Å². The number of rotatable bonds is 5. The van der Waals surface area contributed by atoms with Crippen LogP contribution in [0.3, 0.4) is 0 Å². The van der Waals surface area contributed by atoms with Crippen LogP contribution in [0.5, 0.6) is 5.75 Å². The maximum atomic E-state index is 13.2. The second kappa shape index (κ2) is 11.8. The van der Waals surface area contributed by atoms with Gasteiger partial charge >= 0.3 is 18.2 Å². The minimum absolute atomic E-state index is 0.195.